The summed E-state index contributed by atoms with van der Waals surface area (Å²) in [5, 5.41) is 3.36. The van der Waals surface area contributed by atoms with Gasteiger partial charge in [0.25, 0.3) is 0 Å². The average molecular weight is 324 g/mol. The van der Waals surface area contributed by atoms with E-state index in [1.165, 1.54) is 5.56 Å². The molecule has 0 amide bonds. The van der Waals surface area contributed by atoms with E-state index < -0.39 is 0 Å². The zero-order valence-corrected chi connectivity index (χ0v) is 12.5. The highest BCUT2D eigenvalue weighted by Crippen LogP contribution is 2.16. The summed E-state index contributed by atoms with van der Waals surface area (Å²) in [4.78, 5) is 0. The number of furan rings is 1. The Kier molecular flexibility index (Phi) is 5.63. The summed E-state index contributed by atoms with van der Waals surface area (Å²) >= 11 is 3.51. The lowest BCUT2D eigenvalue weighted by Gasteiger charge is -2.11. The number of hydrogen-bond acceptors (Lipinski definition) is 3. The molecule has 1 atom stereocenters. The maximum atomic E-state index is 5.65. The summed E-state index contributed by atoms with van der Waals surface area (Å²) in [7, 11) is 0. The predicted octanol–water partition coefficient (Wildman–Crippen LogP) is 3.91. The normalized spacial score (nSPS) is 12.5. The largest absolute Gasteiger partial charge is 0.468 e. The van der Waals surface area contributed by atoms with Gasteiger partial charge in [-0.2, -0.15) is 0 Å². The highest BCUT2D eigenvalue weighted by atomic mass is 79.9. The van der Waals surface area contributed by atoms with Crippen LogP contribution in [0.15, 0.2) is 51.6 Å². The highest BCUT2D eigenvalue weighted by Gasteiger charge is 2.06. The van der Waals surface area contributed by atoms with E-state index in [0.29, 0.717) is 13.2 Å². The molecule has 1 unspecified atom stereocenters. The summed E-state index contributed by atoms with van der Waals surface area (Å²) in [6.45, 7) is 4.17. The minimum absolute atomic E-state index is 0.210. The molecular formula is C15H18BrNO2. The van der Waals surface area contributed by atoms with Crippen LogP contribution in [0.5, 0.6) is 0 Å². The molecule has 0 spiro atoms. The fourth-order valence-corrected chi connectivity index (χ4v) is 2.18. The number of rotatable bonds is 7. The monoisotopic (exact) mass is 323 g/mol. The molecule has 19 heavy (non-hydrogen) atoms. The molecule has 0 saturated carbocycles. The summed E-state index contributed by atoms with van der Waals surface area (Å²) in [6, 6.07) is 12.2. The number of hydrogen-bond donors (Lipinski definition) is 1. The molecule has 3 nitrogen and oxygen atoms in total. The third-order valence-corrected chi connectivity index (χ3v) is 3.66. The minimum Gasteiger partial charge on any atom is -0.468 e. The zero-order valence-electron chi connectivity index (χ0n) is 10.9. The molecule has 0 aliphatic rings. The molecular weight excluding hydrogens is 306 g/mol. The van der Waals surface area contributed by atoms with Crippen LogP contribution in [0.25, 0.3) is 0 Å². The number of ether oxygens (including phenoxy) is 1. The van der Waals surface area contributed by atoms with Gasteiger partial charge in [-0.05, 0) is 30.7 Å². The van der Waals surface area contributed by atoms with Crippen LogP contribution in [-0.4, -0.2) is 13.2 Å². The molecule has 2 aromatic rings. The molecule has 1 aromatic heterocycles. The average Bonchev–Trinajstić information content (AvgIpc) is 2.94. The van der Waals surface area contributed by atoms with Crippen molar-refractivity contribution in [2.45, 2.75) is 19.6 Å². The summed E-state index contributed by atoms with van der Waals surface area (Å²) in [5.41, 5.74) is 1.17. The lowest BCUT2D eigenvalue weighted by atomic mass is 10.2. The van der Waals surface area contributed by atoms with Crippen LogP contribution in [0.1, 0.15) is 24.3 Å². The van der Waals surface area contributed by atoms with Crippen LogP contribution in [0, 0.1) is 0 Å². The maximum Gasteiger partial charge on any atom is 0.120 e. The molecule has 0 fully saturated rings. The van der Waals surface area contributed by atoms with E-state index in [4.69, 9.17) is 9.15 Å². The highest BCUT2D eigenvalue weighted by molar-refractivity contribution is 9.10. The van der Waals surface area contributed by atoms with Gasteiger partial charge in [-0.25, -0.2) is 0 Å². The third-order valence-electron chi connectivity index (χ3n) is 2.88. The van der Waals surface area contributed by atoms with Gasteiger partial charge < -0.3 is 14.5 Å². The lowest BCUT2D eigenvalue weighted by molar-refractivity contribution is 0.120. The molecule has 1 heterocycles. The Morgan fingerprint density at radius 3 is 2.84 bits per heavy atom. The van der Waals surface area contributed by atoms with Gasteiger partial charge in [-0.3, -0.25) is 0 Å². The zero-order chi connectivity index (χ0) is 13.5. The Balaban J connectivity index is 1.64. The Bertz CT molecular complexity index is 485. The van der Waals surface area contributed by atoms with Crippen molar-refractivity contribution in [1.82, 2.24) is 5.32 Å². The Hall–Kier alpha value is -1.10. The fourth-order valence-electron chi connectivity index (χ4n) is 1.78. The second-order valence-electron chi connectivity index (χ2n) is 4.34. The molecule has 0 bridgehead atoms. The van der Waals surface area contributed by atoms with Crippen LogP contribution >= 0.6 is 15.9 Å². The van der Waals surface area contributed by atoms with Gasteiger partial charge in [-0.15, -0.1) is 0 Å². The number of nitrogens with one attached hydrogen (secondary N) is 1. The molecule has 102 valence electrons. The van der Waals surface area contributed by atoms with Crippen molar-refractivity contribution in [3.8, 4) is 0 Å². The van der Waals surface area contributed by atoms with Crippen molar-refractivity contribution in [2.75, 3.05) is 13.2 Å². The first kappa shape index (κ1) is 14.3. The van der Waals surface area contributed by atoms with Gasteiger partial charge in [0.05, 0.1) is 25.5 Å². The van der Waals surface area contributed by atoms with Crippen molar-refractivity contribution in [3.05, 3.63) is 58.5 Å². The van der Waals surface area contributed by atoms with E-state index in [1.807, 2.05) is 30.3 Å². The van der Waals surface area contributed by atoms with E-state index in [2.05, 4.69) is 34.2 Å². The van der Waals surface area contributed by atoms with Crippen molar-refractivity contribution < 1.29 is 9.15 Å². The Labute approximate surface area is 122 Å². The summed E-state index contributed by atoms with van der Waals surface area (Å²) in [5.74, 6) is 0.950. The van der Waals surface area contributed by atoms with Crippen LogP contribution < -0.4 is 5.32 Å². The Morgan fingerprint density at radius 2 is 2.11 bits per heavy atom. The van der Waals surface area contributed by atoms with Gasteiger partial charge in [0.1, 0.15) is 5.76 Å². The van der Waals surface area contributed by atoms with Crippen LogP contribution in [0.3, 0.4) is 0 Å². The van der Waals surface area contributed by atoms with Crippen LogP contribution in [-0.2, 0) is 11.3 Å². The molecule has 1 aromatic carbocycles. The number of benzene rings is 1. The molecule has 0 radical (unpaired) electrons. The first-order valence-electron chi connectivity index (χ1n) is 6.35. The van der Waals surface area contributed by atoms with Crippen molar-refractivity contribution >= 4 is 15.9 Å². The van der Waals surface area contributed by atoms with Crippen molar-refractivity contribution in [3.63, 3.8) is 0 Å². The van der Waals surface area contributed by atoms with Gasteiger partial charge in [0.15, 0.2) is 0 Å². The second-order valence-corrected chi connectivity index (χ2v) is 5.19. The minimum atomic E-state index is 0.210. The van der Waals surface area contributed by atoms with Crippen LogP contribution in [0.4, 0.5) is 0 Å². The second kappa shape index (κ2) is 7.48. The lowest BCUT2D eigenvalue weighted by Crippen LogP contribution is -2.22. The van der Waals surface area contributed by atoms with E-state index in [0.717, 1.165) is 16.8 Å². The van der Waals surface area contributed by atoms with Crippen molar-refractivity contribution in [1.29, 1.82) is 0 Å². The Morgan fingerprint density at radius 1 is 1.26 bits per heavy atom. The van der Waals surface area contributed by atoms with E-state index in [-0.39, 0.29) is 6.04 Å². The first-order valence-corrected chi connectivity index (χ1v) is 7.14. The van der Waals surface area contributed by atoms with E-state index in [1.54, 1.807) is 6.26 Å². The smallest absolute Gasteiger partial charge is 0.120 e. The van der Waals surface area contributed by atoms with E-state index >= 15 is 0 Å². The number of halogens is 1. The quantitative estimate of drug-likeness (QED) is 0.784. The molecule has 0 aliphatic heterocycles. The van der Waals surface area contributed by atoms with Gasteiger partial charge in [-0.1, -0.05) is 34.1 Å². The molecule has 1 N–H and O–H groups in total. The predicted molar refractivity (Wildman–Crippen MR) is 78.9 cm³/mol. The van der Waals surface area contributed by atoms with Gasteiger partial charge in [0, 0.05) is 11.0 Å². The van der Waals surface area contributed by atoms with Gasteiger partial charge >= 0.3 is 0 Å². The maximum absolute atomic E-state index is 5.65. The standard InChI is InChI=1S/C15H18BrNO2/c1-12(15-7-4-9-19-15)17-8-10-18-11-13-5-2-3-6-14(13)16/h2-7,9,12,17H,8,10-11H2,1H3. The van der Waals surface area contributed by atoms with Gasteiger partial charge in [0.2, 0.25) is 0 Å². The van der Waals surface area contributed by atoms with Crippen molar-refractivity contribution in [2.24, 2.45) is 0 Å². The summed E-state index contributed by atoms with van der Waals surface area (Å²) < 4.78 is 12.1. The third kappa shape index (κ3) is 4.49. The fraction of sp³-hybridized carbons (Fsp3) is 0.333. The van der Waals surface area contributed by atoms with Crippen LogP contribution in [0.2, 0.25) is 0 Å². The first-order chi connectivity index (χ1) is 9.27. The molecule has 4 heteroatoms. The topological polar surface area (TPSA) is 34.4 Å². The molecule has 0 saturated heterocycles. The SMILES string of the molecule is CC(NCCOCc1ccccc1Br)c1ccco1. The molecule has 2 rings (SSSR count). The molecule has 0 aliphatic carbocycles. The summed E-state index contributed by atoms with van der Waals surface area (Å²) in [6.07, 6.45) is 1.69. The van der Waals surface area contributed by atoms with E-state index in [9.17, 15) is 0 Å².